The number of thioether (sulfide) groups is 1. The van der Waals surface area contributed by atoms with Gasteiger partial charge in [-0.1, -0.05) is 168 Å². The molecule has 69 heavy (non-hydrogen) atoms. The standard InChI is InChI=1S/C31H30ClNO2S.C29H28ClNOS/c1-21(34)36-30(18-14-23-8-4-5-10-28(23)31(2,3)35)25-9-6-7-22(19-25)11-16-27-17-13-24-12-15-26(32)20-29(24)33-27;1-29(2,32)26-9-4-3-7-21(26)13-17-28(33)23-8-5-6-20(18-23)10-15-25-16-12-22-11-14-24(30)19-27(22)31-25/h4-13,15-17,19-20,30,35H,14,18H2,1-3H3;3-12,14-16,18-19,28,32-33H,13,17H2,1-2H3/b16-11+;15-10+/t30-;28-/m11/s1. The van der Waals surface area contributed by atoms with E-state index in [1.807, 2.05) is 143 Å². The van der Waals surface area contributed by atoms with E-state index in [-0.39, 0.29) is 15.6 Å². The molecule has 0 unspecified atom stereocenters. The molecule has 0 radical (unpaired) electrons. The summed E-state index contributed by atoms with van der Waals surface area (Å²) in [6.45, 7) is 8.90. The number of rotatable bonds is 15. The minimum atomic E-state index is -0.910. The summed E-state index contributed by atoms with van der Waals surface area (Å²) in [4.78, 5) is 21.5. The molecule has 0 saturated heterocycles. The van der Waals surface area contributed by atoms with Crippen molar-refractivity contribution < 1.29 is 15.0 Å². The molecule has 2 N–H and O–H groups in total. The summed E-state index contributed by atoms with van der Waals surface area (Å²) in [7, 11) is 0. The second-order valence-corrected chi connectivity index (χ2v) is 21.2. The van der Waals surface area contributed by atoms with Crippen LogP contribution >= 0.6 is 47.6 Å². The molecule has 0 saturated carbocycles. The summed E-state index contributed by atoms with van der Waals surface area (Å²) in [6.07, 6.45) is 11.4. The first-order valence-electron chi connectivity index (χ1n) is 23.1. The zero-order valence-electron chi connectivity index (χ0n) is 39.6. The van der Waals surface area contributed by atoms with E-state index < -0.39 is 11.2 Å². The Bertz CT molecular complexity index is 3120. The molecule has 2 heterocycles. The Hall–Kier alpha value is -5.51. The third-order valence-corrected chi connectivity index (χ3v) is 14.0. The van der Waals surface area contributed by atoms with Crippen LogP contribution in [-0.2, 0) is 28.8 Å². The molecule has 2 atom stereocenters. The molecule has 5 nitrogen and oxygen atoms in total. The Morgan fingerprint density at radius 1 is 0.580 bits per heavy atom. The van der Waals surface area contributed by atoms with E-state index in [0.717, 1.165) is 92.3 Å². The van der Waals surface area contributed by atoms with Crippen molar-refractivity contribution >= 4 is 98.8 Å². The van der Waals surface area contributed by atoms with Gasteiger partial charge in [-0.2, -0.15) is 12.6 Å². The van der Waals surface area contributed by atoms with E-state index in [1.54, 1.807) is 6.92 Å². The molecule has 8 aromatic rings. The van der Waals surface area contributed by atoms with E-state index in [0.29, 0.717) is 10.0 Å². The van der Waals surface area contributed by atoms with Gasteiger partial charge in [0, 0.05) is 38.2 Å². The second kappa shape index (κ2) is 23.4. The second-order valence-electron chi connectivity index (χ2n) is 18.3. The van der Waals surface area contributed by atoms with E-state index in [9.17, 15) is 15.0 Å². The molecule has 0 bridgehead atoms. The Morgan fingerprint density at radius 3 is 1.52 bits per heavy atom. The summed E-state index contributed by atoms with van der Waals surface area (Å²) in [5.74, 6) is 0. The van der Waals surface area contributed by atoms with Crippen LogP contribution in [-0.4, -0.2) is 25.3 Å². The molecular weight excluding hydrogens is 932 g/mol. The van der Waals surface area contributed by atoms with Gasteiger partial charge in [-0.3, -0.25) is 4.79 Å². The number of aliphatic hydroxyl groups is 2. The van der Waals surface area contributed by atoms with Crippen LogP contribution in [0.3, 0.4) is 0 Å². The van der Waals surface area contributed by atoms with Gasteiger partial charge in [0.15, 0.2) is 5.12 Å². The summed E-state index contributed by atoms with van der Waals surface area (Å²) in [5, 5.41) is 24.8. The minimum Gasteiger partial charge on any atom is -0.386 e. The van der Waals surface area contributed by atoms with Gasteiger partial charge in [0.25, 0.3) is 0 Å². The number of halogens is 2. The van der Waals surface area contributed by atoms with Crippen LogP contribution < -0.4 is 0 Å². The average molecular weight is 990 g/mol. The largest absolute Gasteiger partial charge is 0.386 e. The number of hydrogen-bond acceptors (Lipinski definition) is 7. The van der Waals surface area contributed by atoms with Crippen LogP contribution in [0.4, 0.5) is 0 Å². The average Bonchev–Trinajstić information content (AvgIpc) is 3.32. The number of carbonyl (C=O) groups is 1. The molecule has 2 aromatic heterocycles. The number of carbonyl (C=O) groups excluding carboxylic acids is 1. The monoisotopic (exact) mass is 988 g/mol. The van der Waals surface area contributed by atoms with E-state index in [4.69, 9.17) is 45.8 Å². The fourth-order valence-electron chi connectivity index (χ4n) is 8.40. The first-order chi connectivity index (χ1) is 33.0. The number of pyridine rings is 2. The number of nitrogens with zero attached hydrogens (tertiary/aromatic N) is 2. The van der Waals surface area contributed by atoms with E-state index in [2.05, 4.69) is 66.7 Å². The van der Waals surface area contributed by atoms with Gasteiger partial charge in [-0.15, -0.1) is 0 Å². The maximum absolute atomic E-state index is 12.1. The van der Waals surface area contributed by atoms with Gasteiger partial charge in [0.05, 0.1) is 33.6 Å². The van der Waals surface area contributed by atoms with Crippen LogP contribution in [0.2, 0.25) is 10.0 Å². The van der Waals surface area contributed by atoms with Gasteiger partial charge < -0.3 is 10.2 Å². The molecule has 0 spiro atoms. The Balaban J connectivity index is 0.000000205. The van der Waals surface area contributed by atoms with Crippen LogP contribution in [0, 0.1) is 0 Å². The van der Waals surface area contributed by atoms with Gasteiger partial charge in [-0.05, 0) is 146 Å². The molecular formula is C60H58Cl2N2O3S2. The third-order valence-electron chi connectivity index (χ3n) is 11.8. The first kappa shape index (κ1) is 51.3. The normalized spacial score (nSPS) is 12.9. The van der Waals surface area contributed by atoms with Crippen molar-refractivity contribution in [3.8, 4) is 0 Å². The van der Waals surface area contributed by atoms with Crippen molar-refractivity contribution in [1.82, 2.24) is 9.97 Å². The van der Waals surface area contributed by atoms with Crippen molar-refractivity contribution in [2.45, 2.75) is 82.0 Å². The molecule has 0 aliphatic carbocycles. The van der Waals surface area contributed by atoms with Crippen molar-refractivity contribution in [3.05, 3.63) is 224 Å². The summed E-state index contributed by atoms with van der Waals surface area (Å²) in [6, 6.07) is 52.4. The quantitative estimate of drug-likeness (QED) is 0.0888. The SMILES string of the molecule is CC(=O)S[C@H](CCc1ccccc1C(C)(C)O)c1cccc(/C=C/c2ccc3ccc(Cl)cc3n2)c1.CC(C)(O)c1ccccc1CC[C@@H](S)c1cccc(/C=C/c2ccc3ccc(Cl)cc3n2)c1. The predicted molar refractivity (Wildman–Crippen MR) is 297 cm³/mol. The van der Waals surface area contributed by atoms with Crippen molar-refractivity contribution in [3.63, 3.8) is 0 Å². The molecule has 0 aliphatic heterocycles. The number of fused-ring (bicyclic) bond motifs is 2. The topological polar surface area (TPSA) is 83.3 Å². The smallest absolute Gasteiger partial charge is 0.186 e. The maximum Gasteiger partial charge on any atom is 0.186 e. The number of aromatic nitrogens is 2. The highest BCUT2D eigenvalue weighted by Gasteiger charge is 2.22. The van der Waals surface area contributed by atoms with Crippen LogP contribution in [0.25, 0.3) is 46.1 Å². The molecule has 0 fully saturated rings. The first-order valence-corrected chi connectivity index (χ1v) is 25.3. The molecule has 6 aromatic carbocycles. The lowest BCUT2D eigenvalue weighted by molar-refractivity contribution is -0.109. The zero-order valence-corrected chi connectivity index (χ0v) is 42.8. The van der Waals surface area contributed by atoms with Crippen LogP contribution in [0.5, 0.6) is 0 Å². The minimum absolute atomic E-state index is 0.0200. The Labute approximate surface area is 426 Å². The fourth-order valence-corrected chi connectivity index (χ4v) is 9.95. The Morgan fingerprint density at radius 2 is 1.03 bits per heavy atom. The van der Waals surface area contributed by atoms with Crippen molar-refractivity contribution in [2.75, 3.05) is 0 Å². The van der Waals surface area contributed by atoms with Gasteiger partial charge in [0.1, 0.15) is 0 Å². The van der Waals surface area contributed by atoms with Crippen LogP contribution in [0.15, 0.2) is 158 Å². The Kier molecular flexibility index (Phi) is 17.4. The highest BCUT2D eigenvalue weighted by Crippen LogP contribution is 2.36. The zero-order chi connectivity index (χ0) is 49.1. The van der Waals surface area contributed by atoms with E-state index in [1.165, 1.54) is 22.9 Å². The van der Waals surface area contributed by atoms with Gasteiger partial charge >= 0.3 is 0 Å². The molecule has 9 heteroatoms. The number of aryl methyl sites for hydroxylation is 2. The summed E-state index contributed by atoms with van der Waals surface area (Å²) >= 11 is 18.5. The molecule has 0 amide bonds. The molecule has 352 valence electrons. The van der Waals surface area contributed by atoms with E-state index >= 15 is 0 Å². The maximum atomic E-state index is 12.1. The van der Waals surface area contributed by atoms with Crippen molar-refractivity contribution in [2.24, 2.45) is 0 Å². The summed E-state index contributed by atoms with van der Waals surface area (Å²) in [5.41, 5.74) is 10.4. The highest BCUT2D eigenvalue weighted by atomic mass is 35.5. The molecule has 0 aliphatic rings. The van der Waals surface area contributed by atoms with Gasteiger partial charge in [-0.25, -0.2) is 9.97 Å². The predicted octanol–water partition coefficient (Wildman–Crippen LogP) is 16.1. The molecule has 8 rings (SSSR count). The number of benzene rings is 6. The number of thiol groups is 1. The van der Waals surface area contributed by atoms with Gasteiger partial charge in [0.2, 0.25) is 0 Å². The lowest BCUT2D eigenvalue weighted by atomic mass is 9.90. The number of hydrogen-bond donors (Lipinski definition) is 3. The lowest BCUT2D eigenvalue weighted by Gasteiger charge is -2.23. The third kappa shape index (κ3) is 14.8. The lowest BCUT2D eigenvalue weighted by Crippen LogP contribution is -2.18. The summed E-state index contributed by atoms with van der Waals surface area (Å²) < 4.78 is 0. The fraction of sp³-hybridized carbons (Fsp3) is 0.217. The van der Waals surface area contributed by atoms with Crippen molar-refractivity contribution in [1.29, 1.82) is 0 Å². The highest BCUT2D eigenvalue weighted by molar-refractivity contribution is 8.13. The van der Waals surface area contributed by atoms with Crippen LogP contribution in [0.1, 0.15) is 114 Å².